The lowest BCUT2D eigenvalue weighted by molar-refractivity contribution is 0.515. The number of likely N-dealkylation sites (N-methyl/N-ethyl adjacent to an activating group) is 1. The van der Waals surface area contributed by atoms with E-state index in [0.29, 0.717) is 0 Å². The van der Waals surface area contributed by atoms with E-state index in [1.807, 2.05) is 37.4 Å². The summed E-state index contributed by atoms with van der Waals surface area (Å²) in [5, 5.41) is 7.85. The van der Waals surface area contributed by atoms with Crippen molar-refractivity contribution in [3.8, 4) is 0 Å². The molecule has 0 unspecified atom stereocenters. The SMILES string of the molecule is CN(CCNP1N(c2ccccc2)CCN1c1ccccc1)C(=S)Nc1ccccc1. The average molecular weight is 450 g/mol. The van der Waals surface area contributed by atoms with Crippen LogP contribution in [0.5, 0.6) is 0 Å². The third-order valence-corrected chi connectivity index (χ3v) is 7.86. The largest absolute Gasteiger partial charge is 0.351 e. The van der Waals surface area contributed by atoms with Gasteiger partial charge in [-0.15, -0.1) is 0 Å². The molecule has 1 aliphatic heterocycles. The molecule has 1 aliphatic rings. The summed E-state index contributed by atoms with van der Waals surface area (Å²) in [6.07, 6.45) is 0. The molecular weight excluding hydrogens is 421 g/mol. The van der Waals surface area contributed by atoms with Crippen molar-refractivity contribution in [2.75, 3.05) is 47.9 Å². The van der Waals surface area contributed by atoms with Crippen molar-refractivity contribution >= 4 is 42.8 Å². The Morgan fingerprint density at radius 1 is 0.839 bits per heavy atom. The number of para-hydroxylation sites is 3. The summed E-state index contributed by atoms with van der Waals surface area (Å²) < 4.78 is 4.98. The molecule has 0 amide bonds. The van der Waals surface area contributed by atoms with Crippen molar-refractivity contribution < 1.29 is 0 Å². The van der Waals surface area contributed by atoms with E-state index in [1.165, 1.54) is 11.4 Å². The molecule has 1 fully saturated rings. The summed E-state index contributed by atoms with van der Waals surface area (Å²) >= 11 is 5.58. The van der Waals surface area contributed by atoms with Gasteiger partial charge in [0.15, 0.2) is 13.5 Å². The molecule has 3 aromatic rings. The molecule has 0 saturated carbocycles. The molecule has 31 heavy (non-hydrogen) atoms. The van der Waals surface area contributed by atoms with Gasteiger partial charge in [-0.05, 0) is 48.6 Å². The topological polar surface area (TPSA) is 33.8 Å². The first-order valence-corrected chi connectivity index (χ1v) is 12.1. The number of hydrogen-bond donors (Lipinski definition) is 2. The minimum atomic E-state index is -0.696. The number of anilines is 3. The summed E-state index contributed by atoms with van der Waals surface area (Å²) in [5.41, 5.74) is 3.53. The van der Waals surface area contributed by atoms with Crippen molar-refractivity contribution in [3.05, 3.63) is 91.0 Å². The predicted octanol–water partition coefficient (Wildman–Crippen LogP) is 5.16. The van der Waals surface area contributed by atoms with Gasteiger partial charge in [-0.25, -0.2) is 0 Å². The van der Waals surface area contributed by atoms with Crippen molar-refractivity contribution in [2.24, 2.45) is 0 Å². The summed E-state index contributed by atoms with van der Waals surface area (Å²) in [6.45, 7) is 3.66. The second-order valence-electron chi connectivity index (χ2n) is 7.33. The molecule has 2 N–H and O–H groups in total. The van der Waals surface area contributed by atoms with Gasteiger partial charge in [0.25, 0.3) is 0 Å². The third-order valence-electron chi connectivity index (χ3n) is 5.16. The highest BCUT2D eigenvalue weighted by molar-refractivity contribution is 7.80. The van der Waals surface area contributed by atoms with Crippen LogP contribution in [0, 0.1) is 0 Å². The zero-order valence-electron chi connectivity index (χ0n) is 17.7. The summed E-state index contributed by atoms with van der Waals surface area (Å²) in [6, 6.07) is 31.4. The number of rotatable bonds is 7. The number of nitrogens with zero attached hydrogens (tertiary/aromatic N) is 3. The van der Waals surface area contributed by atoms with Crippen molar-refractivity contribution in [2.45, 2.75) is 0 Å². The summed E-state index contributed by atoms with van der Waals surface area (Å²) in [7, 11) is 1.34. The predicted molar refractivity (Wildman–Crippen MR) is 138 cm³/mol. The highest BCUT2D eigenvalue weighted by Gasteiger charge is 2.33. The van der Waals surface area contributed by atoms with Gasteiger partial charge in [0.05, 0.1) is 0 Å². The monoisotopic (exact) mass is 449 g/mol. The highest BCUT2D eigenvalue weighted by Crippen LogP contribution is 2.49. The zero-order chi connectivity index (χ0) is 21.5. The van der Waals surface area contributed by atoms with Crippen LogP contribution in [0.2, 0.25) is 0 Å². The van der Waals surface area contributed by atoms with Crippen LogP contribution < -0.4 is 19.7 Å². The maximum Gasteiger partial charge on any atom is 0.175 e. The van der Waals surface area contributed by atoms with Crippen LogP contribution in [0.3, 0.4) is 0 Å². The van der Waals surface area contributed by atoms with E-state index in [0.717, 1.165) is 37.0 Å². The molecule has 0 spiro atoms. The smallest absolute Gasteiger partial charge is 0.175 e. The lowest BCUT2D eigenvalue weighted by Crippen LogP contribution is -2.37. The van der Waals surface area contributed by atoms with E-state index in [9.17, 15) is 0 Å². The van der Waals surface area contributed by atoms with Crippen LogP contribution in [-0.4, -0.2) is 43.2 Å². The Morgan fingerprint density at radius 3 is 1.84 bits per heavy atom. The highest BCUT2D eigenvalue weighted by atomic mass is 32.1. The molecule has 0 bridgehead atoms. The van der Waals surface area contributed by atoms with E-state index in [4.69, 9.17) is 12.2 Å². The average Bonchev–Trinajstić information content (AvgIpc) is 3.24. The minimum Gasteiger partial charge on any atom is -0.351 e. The Balaban J connectivity index is 1.40. The van der Waals surface area contributed by atoms with E-state index >= 15 is 0 Å². The molecule has 4 rings (SSSR count). The number of benzene rings is 3. The van der Waals surface area contributed by atoms with Gasteiger partial charge < -0.3 is 19.6 Å². The quantitative estimate of drug-likeness (QED) is 0.383. The summed E-state index contributed by atoms with van der Waals surface area (Å²) in [5.74, 6) is 0. The van der Waals surface area contributed by atoms with E-state index in [-0.39, 0.29) is 0 Å². The fraction of sp³-hybridized carbons (Fsp3) is 0.208. The first kappa shape index (κ1) is 21.6. The zero-order valence-corrected chi connectivity index (χ0v) is 19.4. The van der Waals surface area contributed by atoms with Gasteiger partial charge in [-0.3, -0.25) is 5.09 Å². The van der Waals surface area contributed by atoms with Crippen LogP contribution >= 0.6 is 20.6 Å². The molecule has 1 heterocycles. The molecule has 0 aliphatic carbocycles. The van der Waals surface area contributed by atoms with Gasteiger partial charge in [0.1, 0.15) is 0 Å². The van der Waals surface area contributed by atoms with Crippen molar-refractivity contribution in [1.82, 2.24) is 9.99 Å². The molecule has 7 heteroatoms. The number of nitrogens with one attached hydrogen (secondary N) is 2. The second-order valence-corrected chi connectivity index (χ2v) is 9.58. The minimum absolute atomic E-state index is 0.696. The fourth-order valence-electron chi connectivity index (χ4n) is 3.52. The Morgan fingerprint density at radius 2 is 1.32 bits per heavy atom. The summed E-state index contributed by atoms with van der Waals surface area (Å²) in [4.78, 5) is 2.08. The van der Waals surface area contributed by atoms with Gasteiger partial charge in [-0.1, -0.05) is 54.6 Å². The molecule has 0 aromatic heterocycles. The molecule has 5 nitrogen and oxygen atoms in total. The Labute approximate surface area is 191 Å². The first-order valence-electron chi connectivity index (χ1n) is 10.5. The second kappa shape index (κ2) is 10.6. The van der Waals surface area contributed by atoms with Crippen LogP contribution in [0.25, 0.3) is 0 Å². The van der Waals surface area contributed by atoms with E-state index < -0.39 is 8.37 Å². The lowest BCUT2D eigenvalue weighted by atomic mass is 10.3. The molecule has 1 saturated heterocycles. The van der Waals surface area contributed by atoms with E-state index in [2.05, 4.69) is 85.3 Å². The van der Waals surface area contributed by atoms with Gasteiger partial charge in [0.2, 0.25) is 0 Å². The van der Waals surface area contributed by atoms with Gasteiger partial charge in [0, 0.05) is 50.3 Å². The normalized spacial score (nSPS) is 14.0. The molecule has 160 valence electrons. The van der Waals surface area contributed by atoms with Crippen molar-refractivity contribution in [3.63, 3.8) is 0 Å². The van der Waals surface area contributed by atoms with Crippen molar-refractivity contribution in [1.29, 1.82) is 0 Å². The van der Waals surface area contributed by atoms with Crippen LogP contribution in [-0.2, 0) is 0 Å². The number of thiocarbonyl (C=S) groups is 1. The first-order chi connectivity index (χ1) is 15.2. The van der Waals surface area contributed by atoms with E-state index in [1.54, 1.807) is 0 Å². The Bertz CT molecular complexity index is 910. The van der Waals surface area contributed by atoms with Gasteiger partial charge >= 0.3 is 0 Å². The molecule has 0 radical (unpaired) electrons. The standard InChI is InChI=1S/C24H28N5PS/c1-27(24(31)26-21-11-5-2-6-12-21)18-17-25-30-28(22-13-7-3-8-14-22)19-20-29(30)23-15-9-4-10-16-23/h2-16,25H,17-20H2,1H3,(H,26,31). The maximum atomic E-state index is 5.58. The molecule has 0 atom stereocenters. The Kier molecular flexibility index (Phi) is 7.36. The van der Waals surface area contributed by atoms with Crippen LogP contribution in [0.4, 0.5) is 17.1 Å². The fourth-order valence-corrected chi connectivity index (χ4v) is 5.89. The number of hydrogen-bond acceptors (Lipinski definition) is 4. The molecular formula is C24H28N5PS. The molecule has 3 aromatic carbocycles. The lowest BCUT2D eigenvalue weighted by Gasteiger charge is -2.33. The maximum absolute atomic E-state index is 5.58. The van der Waals surface area contributed by atoms with Crippen LogP contribution in [0.1, 0.15) is 0 Å². The van der Waals surface area contributed by atoms with Gasteiger partial charge in [-0.2, -0.15) is 0 Å². The van der Waals surface area contributed by atoms with Crippen LogP contribution in [0.15, 0.2) is 91.0 Å². The Hall–Kier alpha value is -2.66. The third kappa shape index (κ3) is 5.53.